The fourth-order valence-corrected chi connectivity index (χ4v) is 4.43. The number of anilines is 5. The van der Waals surface area contributed by atoms with E-state index in [0.717, 1.165) is 44.0 Å². The van der Waals surface area contributed by atoms with Crippen molar-refractivity contribution in [2.75, 3.05) is 54.1 Å². The number of rotatable bonds is 7. The van der Waals surface area contributed by atoms with E-state index in [-0.39, 0.29) is 5.69 Å². The zero-order valence-electron chi connectivity index (χ0n) is 23.1. The fourth-order valence-electron chi connectivity index (χ4n) is 4.43. The molecule has 0 atom stereocenters. The van der Waals surface area contributed by atoms with Crippen molar-refractivity contribution in [1.29, 1.82) is 0 Å². The van der Waals surface area contributed by atoms with Crippen molar-refractivity contribution in [3.8, 4) is 11.6 Å². The topological polar surface area (TPSA) is 94.7 Å². The zero-order valence-corrected chi connectivity index (χ0v) is 23.1. The number of alkyl halides is 3. The van der Waals surface area contributed by atoms with Crippen LogP contribution in [0.2, 0.25) is 0 Å². The Labute approximate surface area is 241 Å². The minimum atomic E-state index is -4.50. The van der Waals surface area contributed by atoms with Gasteiger partial charge in [-0.15, -0.1) is 0 Å². The molecule has 2 amide bonds. The first-order valence-corrected chi connectivity index (χ1v) is 13.3. The monoisotopic (exact) mass is 577 g/mol. The van der Waals surface area contributed by atoms with Gasteiger partial charge in [-0.1, -0.05) is 6.07 Å². The van der Waals surface area contributed by atoms with E-state index in [0.29, 0.717) is 28.8 Å². The summed E-state index contributed by atoms with van der Waals surface area (Å²) < 4.78 is 44.7. The molecule has 3 N–H and O–H groups in total. The largest absolute Gasteiger partial charge is 0.439 e. The van der Waals surface area contributed by atoms with Crippen LogP contribution in [0, 0.1) is 6.92 Å². The smallest absolute Gasteiger partial charge is 0.416 e. The van der Waals surface area contributed by atoms with Crippen molar-refractivity contribution in [3.63, 3.8) is 0 Å². The van der Waals surface area contributed by atoms with E-state index in [1.54, 1.807) is 37.4 Å². The third kappa shape index (κ3) is 7.46. The number of hydrogen-bond donors (Lipinski definition) is 3. The number of benzene rings is 3. The van der Waals surface area contributed by atoms with E-state index < -0.39 is 17.8 Å². The van der Waals surface area contributed by atoms with Gasteiger partial charge in [0.05, 0.1) is 5.56 Å². The summed E-state index contributed by atoms with van der Waals surface area (Å²) in [5.41, 5.74) is 2.35. The second-order valence-electron chi connectivity index (χ2n) is 9.92. The lowest BCUT2D eigenvalue weighted by atomic mass is 10.2. The summed E-state index contributed by atoms with van der Waals surface area (Å²) in [6, 6.07) is 18.5. The van der Waals surface area contributed by atoms with Crippen LogP contribution >= 0.6 is 0 Å². The van der Waals surface area contributed by atoms with Crippen molar-refractivity contribution in [2.24, 2.45) is 0 Å². The van der Waals surface area contributed by atoms with Gasteiger partial charge in [-0.2, -0.15) is 18.2 Å². The van der Waals surface area contributed by atoms with Crippen LogP contribution in [0.1, 0.15) is 11.1 Å². The Balaban J connectivity index is 1.17. The van der Waals surface area contributed by atoms with Gasteiger partial charge in [0, 0.05) is 61.2 Å². The Morgan fingerprint density at radius 2 is 1.67 bits per heavy atom. The lowest BCUT2D eigenvalue weighted by Gasteiger charge is -2.34. The summed E-state index contributed by atoms with van der Waals surface area (Å²) in [7, 11) is 2.13. The maximum absolute atomic E-state index is 12.9. The second-order valence-corrected chi connectivity index (χ2v) is 9.92. The molecule has 9 nitrogen and oxygen atoms in total. The van der Waals surface area contributed by atoms with Crippen molar-refractivity contribution >= 4 is 34.7 Å². The molecule has 4 aromatic rings. The van der Waals surface area contributed by atoms with Crippen LogP contribution in [-0.4, -0.2) is 54.1 Å². The molecule has 3 aromatic carbocycles. The molecule has 1 aliphatic rings. The first-order valence-electron chi connectivity index (χ1n) is 13.3. The highest BCUT2D eigenvalue weighted by atomic mass is 19.4. The molecule has 0 aliphatic carbocycles. The van der Waals surface area contributed by atoms with Gasteiger partial charge < -0.3 is 30.5 Å². The fraction of sp³-hybridized carbons (Fsp3) is 0.233. The van der Waals surface area contributed by atoms with Gasteiger partial charge in [0.15, 0.2) is 0 Å². The van der Waals surface area contributed by atoms with Gasteiger partial charge in [-0.05, 0) is 80.2 Å². The minimum absolute atomic E-state index is 0.0269. The number of likely N-dealkylation sites (N-methyl/N-ethyl adjacent to an activating group) is 1. The van der Waals surface area contributed by atoms with Gasteiger partial charge in [0.2, 0.25) is 11.8 Å². The summed E-state index contributed by atoms with van der Waals surface area (Å²) in [5.74, 6) is 1.18. The van der Waals surface area contributed by atoms with Crippen LogP contribution in [0.4, 0.5) is 46.7 Å². The lowest BCUT2D eigenvalue weighted by molar-refractivity contribution is -0.137. The molecule has 0 radical (unpaired) electrons. The number of aryl methyl sites for hydroxylation is 1. The summed E-state index contributed by atoms with van der Waals surface area (Å²) in [4.78, 5) is 25.8. The first kappa shape index (κ1) is 28.7. The number of hydrogen-bond acceptors (Lipinski definition) is 7. The average molecular weight is 578 g/mol. The molecule has 0 bridgehead atoms. The quantitative estimate of drug-likeness (QED) is 0.224. The molecule has 0 unspecified atom stereocenters. The number of nitrogens with one attached hydrogen (secondary N) is 3. The van der Waals surface area contributed by atoms with Gasteiger partial charge in [0.25, 0.3) is 0 Å². The average Bonchev–Trinajstić information content (AvgIpc) is 2.95. The Morgan fingerprint density at radius 1 is 0.905 bits per heavy atom. The van der Waals surface area contributed by atoms with E-state index in [1.165, 1.54) is 17.8 Å². The minimum Gasteiger partial charge on any atom is -0.439 e. The molecule has 0 spiro atoms. The number of aromatic nitrogens is 2. The van der Waals surface area contributed by atoms with Crippen molar-refractivity contribution in [3.05, 3.63) is 90.1 Å². The summed E-state index contributed by atoms with van der Waals surface area (Å²) in [6.07, 6.45) is -2.92. The van der Waals surface area contributed by atoms with E-state index >= 15 is 0 Å². The number of halogens is 3. The number of ether oxygens (including phenoxy) is 1. The molecule has 1 aliphatic heterocycles. The number of nitrogens with zero attached hydrogens (tertiary/aromatic N) is 4. The molecule has 5 rings (SSSR count). The highest BCUT2D eigenvalue weighted by Crippen LogP contribution is 2.31. The predicted molar refractivity (Wildman–Crippen MR) is 157 cm³/mol. The van der Waals surface area contributed by atoms with E-state index in [2.05, 4.69) is 54.9 Å². The third-order valence-corrected chi connectivity index (χ3v) is 6.74. The maximum atomic E-state index is 12.9. The van der Waals surface area contributed by atoms with Crippen LogP contribution in [-0.2, 0) is 6.18 Å². The van der Waals surface area contributed by atoms with Gasteiger partial charge in [0.1, 0.15) is 5.75 Å². The molecule has 1 saturated heterocycles. The van der Waals surface area contributed by atoms with Crippen LogP contribution in [0.5, 0.6) is 11.6 Å². The highest BCUT2D eigenvalue weighted by molar-refractivity contribution is 6.00. The molecule has 1 fully saturated rings. The first-order chi connectivity index (χ1) is 20.1. The second kappa shape index (κ2) is 12.4. The van der Waals surface area contributed by atoms with Crippen LogP contribution in [0.15, 0.2) is 79.0 Å². The Hall–Kier alpha value is -4.84. The molecule has 1 aromatic heterocycles. The molecule has 12 heteroatoms. The molecule has 218 valence electrons. The standard InChI is InChI=1S/C30H30F3N7O2/c1-20-18-25(10-11-26(20)37-29(41)36-23-5-3-4-21(19-23)30(31,32)33)42-27-12-13-34-28(38-27)35-22-6-8-24(9-7-22)40-16-14-39(2)15-17-40/h3-13,18-19H,14-17H2,1-2H3,(H,34,35,38)(H2,36,37,41). The molecule has 2 heterocycles. The number of urea groups is 1. The lowest BCUT2D eigenvalue weighted by Crippen LogP contribution is -2.44. The summed E-state index contributed by atoms with van der Waals surface area (Å²) >= 11 is 0. The van der Waals surface area contributed by atoms with Crippen molar-refractivity contribution in [2.45, 2.75) is 13.1 Å². The van der Waals surface area contributed by atoms with E-state index in [1.807, 2.05) is 12.1 Å². The van der Waals surface area contributed by atoms with Crippen molar-refractivity contribution in [1.82, 2.24) is 14.9 Å². The van der Waals surface area contributed by atoms with Gasteiger partial charge in [-0.25, -0.2) is 9.78 Å². The number of carbonyl (C=O) groups is 1. The van der Waals surface area contributed by atoms with E-state index in [9.17, 15) is 18.0 Å². The predicted octanol–water partition coefficient (Wildman–Crippen LogP) is 6.74. The SMILES string of the molecule is Cc1cc(Oc2ccnc(Nc3ccc(N4CCN(C)CC4)cc3)n2)ccc1NC(=O)Nc1cccc(C(F)(F)F)c1. The third-order valence-electron chi connectivity index (χ3n) is 6.74. The van der Waals surface area contributed by atoms with Crippen molar-refractivity contribution < 1.29 is 22.7 Å². The molecular weight excluding hydrogens is 547 g/mol. The molecule has 0 saturated carbocycles. The summed E-state index contributed by atoms with van der Waals surface area (Å²) in [5, 5.41) is 8.26. The number of piperazine rings is 1. The Kier molecular flexibility index (Phi) is 8.43. The maximum Gasteiger partial charge on any atom is 0.416 e. The Morgan fingerprint density at radius 3 is 2.38 bits per heavy atom. The Bertz CT molecular complexity index is 1540. The van der Waals surface area contributed by atoms with Crippen LogP contribution in [0.25, 0.3) is 0 Å². The molecule has 42 heavy (non-hydrogen) atoms. The number of carbonyl (C=O) groups excluding carboxylic acids is 1. The van der Waals surface area contributed by atoms with Gasteiger partial charge in [-0.3, -0.25) is 0 Å². The van der Waals surface area contributed by atoms with Crippen LogP contribution < -0.4 is 25.6 Å². The zero-order chi connectivity index (χ0) is 29.7. The molecular formula is C30H30F3N7O2. The highest BCUT2D eigenvalue weighted by Gasteiger charge is 2.30. The number of amides is 2. The van der Waals surface area contributed by atoms with E-state index in [4.69, 9.17) is 4.74 Å². The summed E-state index contributed by atoms with van der Waals surface area (Å²) in [6.45, 7) is 5.84. The normalized spacial score (nSPS) is 13.9. The van der Waals surface area contributed by atoms with Crippen LogP contribution in [0.3, 0.4) is 0 Å². The van der Waals surface area contributed by atoms with Gasteiger partial charge >= 0.3 is 12.2 Å².